The summed E-state index contributed by atoms with van der Waals surface area (Å²) >= 11 is 3.10. The van der Waals surface area contributed by atoms with Gasteiger partial charge in [-0.3, -0.25) is 5.01 Å². The number of benzene rings is 2. The van der Waals surface area contributed by atoms with Crippen molar-refractivity contribution in [3.63, 3.8) is 0 Å². The van der Waals surface area contributed by atoms with Gasteiger partial charge in [0.05, 0.1) is 15.9 Å². The highest BCUT2D eigenvalue weighted by atomic mass is 79.9. The maximum absolute atomic E-state index is 13.4. The molecule has 19 heavy (non-hydrogen) atoms. The third-order valence-corrected chi connectivity index (χ3v) is 3.23. The van der Waals surface area contributed by atoms with Crippen LogP contribution in [0.25, 0.3) is 5.70 Å². The number of hydrogen-bond acceptors (Lipinski definition) is 3. The van der Waals surface area contributed by atoms with Gasteiger partial charge in [-0.15, -0.1) is 0 Å². The van der Waals surface area contributed by atoms with Gasteiger partial charge in [0.25, 0.3) is 0 Å². The zero-order chi connectivity index (χ0) is 13.8. The summed E-state index contributed by atoms with van der Waals surface area (Å²) in [6.07, 6.45) is 1.55. The molecule has 2 aromatic rings. The van der Waals surface area contributed by atoms with Gasteiger partial charge in [-0.1, -0.05) is 24.3 Å². The van der Waals surface area contributed by atoms with E-state index in [-0.39, 0.29) is 5.82 Å². The van der Waals surface area contributed by atoms with E-state index in [1.165, 1.54) is 11.1 Å². The van der Waals surface area contributed by atoms with E-state index in [2.05, 4.69) is 15.9 Å². The number of nitrogens with two attached hydrogens (primary N) is 2. The highest BCUT2D eigenvalue weighted by Gasteiger charge is 2.04. The SMILES string of the molecule is N/C(=C\N(N)c1ccccc1)c1ccc(Br)c(F)c1. The van der Waals surface area contributed by atoms with Crippen molar-refractivity contribution in [2.75, 3.05) is 5.01 Å². The first-order valence-corrected chi connectivity index (χ1v) is 6.39. The van der Waals surface area contributed by atoms with E-state index in [0.717, 1.165) is 5.69 Å². The Kier molecular flexibility index (Phi) is 4.19. The van der Waals surface area contributed by atoms with Crippen molar-refractivity contribution >= 4 is 27.3 Å². The maximum atomic E-state index is 13.4. The molecular formula is C14H13BrFN3. The van der Waals surface area contributed by atoms with Crippen LogP contribution in [-0.2, 0) is 0 Å². The zero-order valence-corrected chi connectivity index (χ0v) is 11.6. The first-order chi connectivity index (χ1) is 9.08. The lowest BCUT2D eigenvalue weighted by molar-refractivity contribution is 0.620. The molecule has 0 aliphatic rings. The van der Waals surface area contributed by atoms with Crippen LogP contribution in [0.15, 0.2) is 59.2 Å². The molecule has 0 bridgehead atoms. The Morgan fingerprint density at radius 2 is 1.84 bits per heavy atom. The molecule has 0 heterocycles. The lowest BCUT2D eigenvalue weighted by atomic mass is 10.1. The molecule has 4 N–H and O–H groups in total. The van der Waals surface area contributed by atoms with Gasteiger partial charge in [0.15, 0.2) is 0 Å². The van der Waals surface area contributed by atoms with E-state index in [0.29, 0.717) is 15.7 Å². The van der Waals surface area contributed by atoms with Gasteiger partial charge >= 0.3 is 0 Å². The van der Waals surface area contributed by atoms with Gasteiger partial charge in [-0.05, 0) is 40.2 Å². The summed E-state index contributed by atoms with van der Waals surface area (Å²) in [6, 6.07) is 14.0. The molecule has 0 spiro atoms. The summed E-state index contributed by atoms with van der Waals surface area (Å²) in [5, 5.41) is 1.40. The molecule has 0 saturated carbocycles. The molecule has 0 aliphatic carbocycles. The molecule has 0 amide bonds. The minimum atomic E-state index is -0.364. The van der Waals surface area contributed by atoms with E-state index in [9.17, 15) is 4.39 Å². The second-order valence-corrected chi connectivity index (χ2v) is 4.81. The van der Waals surface area contributed by atoms with E-state index in [4.69, 9.17) is 11.6 Å². The average Bonchev–Trinajstić information content (AvgIpc) is 2.42. The van der Waals surface area contributed by atoms with Gasteiger partial charge < -0.3 is 5.73 Å². The van der Waals surface area contributed by atoms with Crippen LogP contribution in [0.3, 0.4) is 0 Å². The third kappa shape index (κ3) is 3.33. The van der Waals surface area contributed by atoms with E-state index in [1.54, 1.807) is 18.3 Å². The van der Waals surface area contributed by atoms with Crippen LogP contribution in [-0.4, -0.2) is 0 Å². The molecular weight excluding hydrogens is 309 g/mol. The molecule has 3 nitrogen and oxygen atoms in total. The molecule has 0 radical (unpaired) electrons. The van der Waals surface area contributed by atoms with Crippen molar-refractivity contribution in [1.29, 1.82) is 0 Å². The lowest BCUT2D eigenvalue weighted by Crippen LogP contribution is -2.25. The van der Waals surface area contributed by atoms with Crippen molar-refractivity contribution < 1.29 is 4.39 Å². The largest absolute Gasteiger partial charge is 0.397 e. The van der Waals surface area contributed by atoms with Crippen molar-refractivity contribution in [3.8, 4) is 0 Å². The fraction of sp³-hybridized carbons (Fsp3) is 0. The van der Waals surface area contributed by atoms with E-state index >= 15 is 0 Å². The highest BCUT2D eigenvalue weighted by Crippen LogP contribution is 2.20. The summed E-state index contributed by atoms with van der Waals surface area (Å²) in [7, 11) is 0. The number of halogens is 2. The van der Waals surface area contributed by atoms with Crippen molar-refractivity contribution in [1.82, 2.24) is 0 Å². The topological polar surface area (TPSA) is 55.3 Å². The van der Waals surface area contributed by atoms with E-state index < -0.39 is 0 Å². The number of hydrazine groups is 1. The second-order valence-electron chi connectivity index (χ2n) is 3.96. The average molecular weight is 322 g/mol. The summed E-state index contributed by atoms with van der Waals surface area (Å²) in [6.45, 7) is 0. The summed E-state index contributed by atoms with van der Waals surface area (Å²) in [5.74, 6) is 5.51. The summed E-state index contributed by atoms with van der Waals surface area (Å²) in [4.78, 5) is 0. The Morgan fingerprint density at radius 1 is 1.16 bits per heavy atom. The highest BCUT2D eigenvalue weighted by molar-refractivity contribution is 9.10. The van der Waals surface area contributed by atoms with Gasteiger partial charge in [0.1, 0.15) is 5.82 Å². The lowest BCUT2D eigenvalue weighted by Gasteiger charge is -2.15. The normalized spacial score (nSPS) is 11.4. The molecule has 5 heteroatoms. The van der Waals surface area contributed by atoms with Gasteiger partial charge in [-0.2, -0.15) is 0 Å². The Hall–Kier alpha value is -1.85. The fourth-order valence-corrected chi connectivity index (χ4v) is 1.82. The molecule has 2 aromatic carbocycles. The Morgan fingerprint density at radius 3 is 2.47 bits per heavy atom. The molecule has 2 rings (SSSR count). The third-order valence-electron chi connectivity index (χ3n) is 2.59. The molecule has 0 aliphatic heterocycles. The predicted octanol–water partition coefficient (Wildman–Crippen LogP) is 3.23. The smallest absolute Gasteiger partial charge is 0.138 e. The van der Waals surface area contributed by atoms with Crippen LogP contribution >= 0.6 is 15.9 Å². The van der Waals surface area contributed by atoms with Crippen molar-refractivity contribution in [3.05, 3.63) is 70.6 Å². The minimum Gasteiger partial charge on any atom is -0.397 e. The quantitative estimate of drug-likeness (QED) is 0.674. The Balaban J connectivity index is 2.25. The molecule has 98 valence electrons. The summed E-state index contributed by atoms with van der Waals surface area (Å²) < 4.78 is 13.8. The maximum Gasteiger partial charge on any atom is 0.138 e. The van der Waals surface area contributed by atoms with Gasteiger partial charge in [0.2, 0.25) is 0 Å². The van der Waals surface area contributed by atoms with Crippen molar-refractivity contribution in [2.45, 2.75) is 0 Å². The van der Waals surface area contributed by atoms with Crippen LogP contribution in [0.4, 0.5) is 10.1 Å². The minimum absolute atomic E-state index is 0.364. The molecule has 0 atom stereocenters. The number of anilines is 1. The summed E-state index contributed by atoms with van der Waals surface area (Å²) in [5.41, 5.74) is 7.67. The molecule has 0 unspecified atom stereocenters. The van der Waals surface area contributed by atoms with Crippen molar-refractivity contribution in [2.24, 2.45) is 11.6 Å². The Labute approximate surface area is 119 Å². The van der Waals surface area contributed by atoms with Crippen LogP contribution < -0.4 is 16.6 Å². The van der Waals surface area contributed by atoms with Gasteiger partial charge in [0, 0.05) is 11.8 Å². The fourth-order valence-electron chi connectivity index (χ4n) is 1.57. The predicted molar refractivity (Wildman–Crippen MR) is 79.4 cm³/mol. The molecule has 0 aromatic heterocycles. The molecule has 0 fully saturated rings. The monoisotopic (exact) mass is 321 g/mol. The zero-order valence-electron chi connectivity index (χ0n) is 10.1. The standard InChI is InChI=1S/C14H13BrFN3/c15-12-7-6-10(8-13(12)16)14(17)9-19(18)11-4-2-1-3-5-11/h1-9H,17-18H2/b14-9-. The van der Waals surface area contributed by atoms with Crippen LogP contribution in [0.1, 0.15) is 5.56 Å². The number of para-hydroxylation sites is 1. The van der Waals surface area contributed by atoms with Crippen LogP contribution in [0, 0.1) is 5.82 Å². The van der Waals surface area contributed by atoms with E-state index in [1.807, 2.05) is 30.3 Å². The van der Waals surface area contributed by atoms with Crippen LogP contribution in [0.2, 0.25) is 0 Å². The molecule has 0 saturated heterocycles. The number of rotatable bonds is 3. The Bertz CT molecular complexity index is 599. The second kappa shape index (κ2) is 5.86. The number of hydrogen-bond donors (Lipinski definition) is 2. The van der Waals surface area contributed by atoms with Gasteiger partial charge in [-0.25, -0.2) is 10.2 Å². The number of nitrogens with zero attached hydrogens (tertiary/aromatic N) is 1. The first kappa shape index (κ1) is 13.6. The first-order valence-electron chi connectivity index (χ1n) is 5.59. The van der Waals surface area contributed by atoms with Crippen LogP contribution in [0.5, 0.6) is 0 Å².